The number of amides is 1. The fraction of sp³-hybridized carbons (Fsp3) is 0.208. The van der Waals surface area contributed by atoms with Gasteiger partial charge in [-0.2, -0.15) is 0 Å². The van der Waals surface area contributed by atoms with Crippen molar-refractivity contribution in [2.24, 2.45) is 0 Å². The van der Waals surface area contributed by atoms with Crippen molar-refractivity contribution >= 4 is 27.7 Å². The van der Waals surface area contributed by atoms with Gasteiger partial charge >= 0.3 is 0 Å². The van der Waals surface area contributed by atoms with E-state index in [4.69, 9.17) is 0 Å². The molecule has 0 saturated heterocycles. The van der Waals surface area contributed by atoms with E-state index in [-0.39, 0.29) is 23.5 Å². The number of nitrogens with zero attached hydrogens (tertiary/aromatic N) is 2. The molecular formula is C24H20FN3O3. The van der Waals surface area contributed by atoms with Crippen LogP contribution in [-0.2, 0) is 13.0 Å². The summed E-state index contributed by atoms with van der Waals surface area (Å²) >= 11 is 0. The lowest BCUT2D eigenvalue weighted by Gasteiger charge is -2.26. The topological polar surface area (TPSA) is 84.2 Å². The van der Waals surface area contributed by atoms with Crippen molar-refractivity contribution in [3.05, 3.63) is 81.5 Å². The summed E-state index contributed by atoms with van der Waals surface area (Å²) in [5, 5.41) is 14.6. The van der Waals surface area contributed by atoms with Gasteiger partial charge in [-0.1, -0.05) is 18.2 Å². The first-order chi connectivity index (χ1) is 15.0. The van der Waals surface area contributed by atoms with Gasteiger partial charge in [-0.3, -0.25) is 14.6 Å². The molecule has 0 spiro atoms. The standard InChI is InChI=1S/C24H20FN3O3/c1-13-7-8-14-10-16(25)11-18-21(14)28(13)24(31)20(22(18)29)23(30)27-12-15-4-2-6-19-17(15)5-3-9-26-19/h2-6,9-11,13,29H,7-8,12H2,1H3,(H,27,30). The predicted octanol–water partition coefficient (Wildman–Crippen LogP) is 3.83. The number of hydrogen-bond acceptors (Lipinski definition) is 4. The van der Waals surface area contributed by atoms with Gasteiger partial charge in [0.05, 0.1) is 11.0 Å². The Bertz CT molecular complexity index is 1420. The zero-order valence-electron chi connectivity index (χ0n) is 16.9. The van der Waals surface area contributed by atoms with Crippen molar-refractivity contribution in [2.75, 3.05) is 0 Å². The summed E-state index contributed by atoms with van der Waals surface area (Å²) < 4.78 is 15.7. The number of nitrogens with one attached hydrogen (secondary N) is 1. The van der Waals surface area contributed by atoms with Gasteiger partial charge in [0.15, 0.2) is 0 Å². The molecule has 6 nitrogen and oxygen atoms in total. The SMILES string of the molecule is CC1CCc2cc(F)cc3c(O)c(C(=O)NCc4cccc5ncccc45)c(=O)n1c23. The maximum atomic E-state index is 14.2. The van der Waals surface area contributed by atoms with Gasteiger partial charge in [0.1, 0.15) is 17.1 Å². The van der Waals surface area contributed by atoms with Crippen molar-refractivity contribution in [1.82, 2.24) is 14.9 Å². The third-order valence-electron chi connectivity index (χ3n) is 5.99. The van der Waals surface area contributed by atoms with E-state index in [2.05, 4.69) is 10.3 Å². The minimum absolute atomic E-state index is 0.155. The first kappa shape index (κ1) is 19.2. The molecule has 0 bridgehead atoms. The number of rotatable bonds is 3. The maximum absolute atomic E-state index is 14.2. The molecule has 156 valence electrons. The fourth-order valence-corrected chi connectivity index (χ4v) is 4.47. The molecule has 2 aromatic carbocycles. The Labute approximate surface area is 177 Å². The van der Waals surface area contributed by atoms with Crippen LogP contribution in [0.15, 0.2) is 53.5 Å². The number of halogens is 1. The van der Waals surface area contributed by atoms with Crippen LogP contribution in [0.1, 0.15) is 40.9 Å². The molecule has 3 heterocycles. The van der Waals surface area contributed by atoms with Gasteiger partial charge in [-0.15, -0.1) is 0 Å². The van der Waals surface area contributed by atoms with Gasteiger partial charge in [0, 0.05) is 29.6 Å². The number of aryl methyl sites for hydroxylation is 1. The predicted molar refractivity (Wildman–Crippen MR) is 116 cm³/mol. The zero-order chi connectivity index (χ0) is 21.7. The molecular weight excluding hydrogens is 397 g/mol. The third-order valence-corrected chi connectivity index (χ3v) is 5.99. The highest BCUT2D eigenvalue weighted by Crippen LogP contribution is 2.35. The summed E-state index contributed by atoms with van der Waals surface area (Å²) in [7, 11) is 0. The van der Waals surface area contributed by atoms with E-state index in [9.17, 15) is 19.1 Å². The number of fused-ring (bicyclic) bond motifs is 1. The van der Waals surface area contributed by atoms with Crippen LogP contribution < -0.4 is 10.9 Å². The molecule has 2 aromatic heterocycles. The molecule has 0 fully saturated rings. The van der Waals surface area contributed by atoms with Crippen LogP contribution in [-0.4, -0.2) is 20.6 Å². The number of hydrogen-bond donors (Lipinski definition) is 2. The highest BCUT2D eigenvalue weighted by Gasteiger charge is 2.28. The van der Waals surface area contributed by atoms with Crippen molar-refractivity contribution in [2.45, 2.75) is 32.4 Å². The quantitative estimate of drug-likeness (QED) is 0.531. The summed E-state index contributed by atoms with van der Waals surface area (Å²) in [5.74, 6) is -1.69. The molecule has 7 heteroatoms. The van der Waals surface area contributed by atoms with Gasteiger partial charge < -0.3 is 15.0 Å². The minimum Gasteiger partial charge on any atom is -0.506 e. The van der Waals surface area contributed by atoms with Gasteiger partial charge in [-0.25, -0.2) is 4.39 Å². The molecule has 0 radical (unpaired) electrons. The lowest BCUT2D eigenvalue weighted by atomic mass is 9.95. The summed E-state index contributed by atoms with van der Waals surface area (Å²) in [6.07, 6.45) is 2.95. The summed E-state index contributed by atoms with van der Waals surface area (Å²) in [4.78, 5) is 30.5. The molecule has 5 rings (SSSR count). The Morgan fingerprint density at radius 2 is 2.10 bits per heavy atom. The average molecular weight is 417 g/mol. The highest BCUT2D eigenvalue weighted by atomic mass is 19.1. The molecule has 31 heavy (non-hydrogen) atoms. The molecule has 2 N–H and O–H groups in total. The van der Waals surface area contributed by atoms with Gasteiger partial charge in [0.25, 0.3) is 11.5 Å². The first-order valence-corrected chi connectivity index (χ1v) is 10.2. The lowest BCUT2D eigenvalue weighted by molar-refractivity contribution is 0.0946. The molecule has 1 aliphatic heterocycles. The third kappa shape index (κ3) is 3.04. The van der Waals surface area contributed by atoms with Crippen LogP contribution in [0.25, 0.3) is 21.8 Å². The average Bonchev–Trinajstić information content (AvgIpc) is 2.76. The van der Waals surface area contributed by atoms with Crippen molar-refractivity contribution < 1.29 is 14.3 Å². The summed E-state index contributed by atoms with van der Waals surface area (Å²) in [5.41, 5.74) is 1.86. The molecule has 0 aliphatic carbocycles. The van der Waals surface area contributed by atoms with E-state index < -0.39 is 23.0 Å². The molecule has 0 saturated carbocycles. The molecule has 1 aliphatic rings. The van der Waals surface area contributed by atoms with Crippen LogP contribution >= 0.6 is 0 Å². The lowest BCUT2D eigenvalue weighted by Crippen LogP contribution is -2.36. The van der Waals surface area contributed by atoms with E-state index in [1.54, 1.807) is 6.20 Å². The van der Waals surface area contributed by atoms with Gasteiger partial charge in [0.2, 0.25) is 0 Å². The number of aromatic nitrogens is 2. The largest absolute Gasteiger partial charge is 0.506 e. The smallest absolute Gasteiger partial charge is 0.267 e. The fourth-order valence-electron chi connectivity index (χ4n) is 4.47. The van der Waals surface area contributed by atoms with Crippen molar-refractivity contribution in [3.8, 4) is 5.75 Å². The maximum Gasteiger partial charge on any atom is 0.267 e. The van der Waals surface area contributed by atoms with Crippen molar-refractivity contribution in [1.29, 1.82) is 0 Å². The van der Waals surface area contributed by atoms with E-state index in [1.165, 1.54) is 16.7 Å². The summed E-state index contributed by atoms with van der Waals surface area (Å²) in [6, 6.07) is 11.7. The van der Waals surface area contributed by atoms with E-state index >= 15 is 0 Å². The summed E-state index contributed by atoms with van der Waals surface area (Å²) in [6.45, 7) is 2.04. The van der Waals surface area contributed by atoms with Crippen molar-refractivity contribution in [3.63, 3.8) is 0 Å². The zero-order valence-corrected chi connectivity index (χ0v) is 16.9. The Hall–Kier alpha value is -3.74. The van der Waals surface area contributed by atoms with Crippen LogP contribution in [0.3, 0.4) is 0 Å². The first-order valence-electron chi connectivity index (χ1n) is 10.2. The number of carbonyl (C=O) groups is 1. The molecule has 1 atom stereocenters. The Morgan fingerprint density at radius 1 is 1.26 bits per heavy atom. The molecule has 4 aromatic rings. The number of benzene rings is 2. The molecule has 1 amide bonds. The number of aromatic hydroxyl groups is 1. The Morgan fingerprint density at radius 3 is 2.94 bits per heavy atom. The number of pyridine rings is 2. The van der Waals surface area contributed by atoms with Crippen LogP contribution in [0.2, 0.25) is 0 Å². The Balaban J connectivity index is 1.59. The van der Waals surface area contributed by atoms with E-state index in [0.717, 1.165) is 16.5 Å². The second-order valence-corrected chi connectivity index (χ2v) is 7.92. The Kier molecular flexibility index (Phi) is 4.46. The van der Waals surface area contributed by atoms with Gasteiger partial charge in [-0.05, 0) is 55.2 Å². The monoisotopic (exact) mass is 417 g/mol. The normalized spacial score (nSPS) is 15.4. The molecule has 1 unspecified atom stereocenters. The number of carbonyl (C=O) groups excluding carboxylic acids is 1. The van der Waals surface area contributed by atoms with E-state index in [0.29, 0.717) is 23.9 Å². The second-order valence-electron chi connectivity index (χ2n) is 7.92. The van der Waals surface area contributed by atoms with Crippen LogP contribution in [0.5, 0.6) is 5.75 Å². The van der Waals surface area contributed by atoms with E-state index in [1.807, 2.05) is 37.3 Å². The highest BCUT2D eigenvalue weighted by molar-refractivity contribution is 6.03. The van der Waals surface area contributed by atoms with Crippen LogP contribution in [0.4, 0.5) is 4.39 Å². The van der Waals surface area contributed by atoms with Crippen LogP contribution in [0, 0.1) is 5.82 Å². The second kappa shape index (κ2) is 7.19. The minimum atomic E-state index is -0.697.